The van der Waals surface area contributed by atoms with Gasteiger partial charge in [-0.05, 0) is 45.7 Å². The highest BCUT2D eigenvalue weighted by molar-refractivity contribution is 5.94. The van der Waals surface area contributed by atoms with Crippen LogP contribution in [0, 0.1) is 11.6 Å². The fourth-order valence-corrected chi connectivity index (χ4v) is 1.94. The molecule has 1 amide bonds. The van der Waals surface area contributed by atoms with Crippen LogP contribution < -0.4 is 11.1 Å². The summed E-state index contributed by atoms with van der Waals surface area (Å²) in [4.78, 5) is 11.0. The van der Waals surface area contributed by atoms with Crippen LogP contribution in [-0.4, -0.2) is 12.5 Å². The maximum atomic E-state index is 14.0. The zero-order chi connectivity index (χ0) is 16.7. The quantitative estimate of drug-likeness (QED) is 0.743. The first-order chi connectivity index (χ1) is 10.3. The van der Waals surface area contributed by atoms with E-state index in [1.807, 2.05) is 26.8 Å². The zero-order valence-electron chi connectivity index (χ0n) is 13.2. The second-order valence-electron chi connectivity index (χ2n) is 5.40. The normalized spacial score (nSPS) is 11.2. The second-order valence-corrected chi connectivity index (χ2v) is 5.40. The lowest BCUT2D eigenvalue weighted by Crippen LogP contribution is -2.17. The van der Waals surface area contributed by atoms with Gasteiger partial charge in [-0.25, -0.2) is 8.78 Å². The number of carbonyl (C=O) groups excluding carboxylic acids is 1. The van der Waals surface area contributed by atoms with Crippen LogP contribution in [-0.2, 0) is 0 Å². The van der Waals surface area contributed by atoms with Gasteiger partial charge in [0.05, 0.1) is 5.69 Å². The number of nitrogens with one attached hydrogen (secondary N) is 1. The summed E-state index contributed by atoms with van der Waals surface area (Å²) in [6.45, 7) is 6.49. The topological polar surface area (TPSA) is 55.1 Å². The highest BCUT2D eigenvalue weighted by Gasteiger charge is 2.17. The van der Waals surface area contributed by atoms with Gasteiger partial charge in [-0.1, -0.05) is 23.3 Å². The van der Waals surface area contributed by atoms with E-state index in [-0.39, 0.29) is 5.69 Å². The Bertz CT molecular complexity index is 603. The molecule has 0 saturated heterocycles. The van der Waals surface area contributed by atoms with E-state index in [1.54, 1.807) is 0 Å². The molecule has 0 heterocycles. The number of amides is 1. The number of hydrogen-bond donors (Lipinski definition) is 2. The molecule has 5 heteroatoms. The Hall–Kier alpha value is -2.17. The SMILES string of the molecule is CC(C)=CCCC(C)=CCNc1ccc(F)c(C(N)=O)c1F. The summed E-state index contributed by atoms with van der Waals surface area (Å²) in [6.07, 6.45) is 5.97. The molecule has 1 rings (SSSR count). The molecule has 1 aromatic rings. The largest absolute Gasteiger partial charge is 0.379 e. The monoisotopic (exact) mass is 308 g/mol. The lowest BCUT2D eigenvalue weighted by atomic mass is 10.1. The van der Waals surface area contributed by atoms with Crippen LogP contribution in [0.5, 0.6) is 0 Å². The first-order valence-corrected chi connectivity index (χ1v) is 7.13. The van der Waals surface area contributed by atoms with Crippen molar-refractivity contribution in [3.8, 4) is 0 Å². The number of rotatable bonds is 7. The molecular formula is C17H22F2N2O. The first-order valence-electron chi connectivity index (χ1n) is 7.13. The van der Waals surface area contributed by atoms with Crippen LogP contribution in [0.3, 0.4) is 0 Å². The summed E-state index contributed by atoms with van der Waals surface area (Å²) in [5.41, 5.74) is 6.77. The molecule has 0 aliphatic carbocycles. The fraction of sp³-hybridized carbons (Fsp3) is 0.353. The van der Waals surface area contributed by atoms with Gasteiger partial charge in [0.25, 0.3) is 5.91 Å². The van der Waals surface area contributed by atoms with E-state index in [0.717, 1.165) is 18.9 Å². The maximum Gasteiger partial charge on any atom is 0.254 e. The second kappa shape index (κ2) is 8.32. The Kier molecular flexibility index (Phi) is 6.76. The summed E-state index contributed by atoms with van der Waals surface area (Å²) < 4.78 is 27.3. The van der Waals surface area contributed by atoms with Crippen molar-refractivity contribution >= 4 is 11.6 Å². The number of hydrogen-bond acceptors (Lipinski definition) is 2. The van der Waals surface area contributed by atoms with Crippen molar-refractivity contribution in [1.29, 1.82) is 0 Å². The fourth-order valence-electron chi connectivity index (χ4n) is 1.94. The molecule has 0 radical (unpaired) electrons. The number of carbonyl (C=O) groups is 1. The minimum absolute atomic E-state index is 0.0588. The summed E-state index contributed by atoms with van der Waals surface area (Å²) in [6, 6.07) is 2.28. The van der Waals surface area contributed by atoms with Crippen molar-refractivity contribution in [1.82, 2.24) is 0 Å². The molecule has 0 bridgehead atoms. The van der Waals surface area contributed by atoms with Crippen LogP contribution >= 0.6 is 0 Å². The van der Waals surface area contributed by atoms with E-state index in [1.165, 1.54) is 17.2 Å². The van der Waals surface area contributed by atoms with E-state index in [9.17, 15) is 13.6 Å². The van der Waals surface area contributed by atoms with Crippen molar-refractivity contribution in [2.75, 3.05) is 11.9 Å². The van der Waals surface area contributed by atoms with E-state index in [0.29, 0.717) is 6.54 Å². The minimum Gasteiger partial charge on any atom is -0.379 e. The van der Waals surface area contributed by atoms with Crippen LogP contribution in [0.25, 0.3) is 0 Å². The summed E-state index contributed by atoms with van der Waals surface area (Å²) in [5.74, 6) is -3.03. The number of benzene rings is 1. The molecule has 0 aromatic heterocycles. The third kappa shape index (κ3) is 5.31. The summed E-state index contributed by atoms with van der Waals surface area (Å²) in [7, 11) is 0. The van der Waals surface area contributed by atoms with E-state index in [4.69, 9.17) is 5.73 Å². The van der Waals surface area contributed by atoms with Gasteiger partial charge in [0.2, 0.25) is 0 Å². The molecule has 120 valence electrons. The molecule has 1 aromatic carbocycles. The van der Waals surface area contributed by atoms with Crippen molar-refractivity contribution in [3.05, 3.63) is 52.6 Å². The minimum atomic E-state index is -1.12. The average molecular weight is 308 g/mol. The average Bonchev–Trinajstić information content (AvgIpc) is 2.40. The van der Waals surface area contributed by atoms with Crippen LogP contribution in [0.15, 0.2) is 35.4 Å². The first kappa shape index (κ1) is 17.9. The third-order valence-electron chi connectivity index (χ3n) is 3.17. The highest BCUT2D eigenvalue weighted by atomic mass is 19.1. The van der Waals surface area contributed by atoms with Crippen molar-refractivity contribution in [2.24, 2.45) is 5.73 Å². The van der Waals surface area contributed by atoms with Gasteiger partial charge in [0.1, 0.15) is 11.4 Å². The van der Waals surface area contributed by atoms with E-state index in [2.05, 4.69) is 11.4 Å². The lowest BCUT2D eigenvalue weighted by Gasteiger charge is -2.09. The number of primary amides is 1. The van der Waals surface area contributed by atoms with Crippen molar-refractivity contribution in [3.63, 3.8) is 0 Å². The predicted molar refractivity (Wildman–Crippen MR) is 85.8 cm³/mol. The molecule has 3 nitrogen and oxygen atoms in total. The summed E-state index contributed by atoms with van der Waals surface area (Å²) in [5, 5.41) is 2.82. The maximum absolute atomic E-state index is 14.0. The van der Waals surface area contributed by atoms with Crippen molar-refractivity contribution in [2.45, 2.75) is 33.6 Å². The summed E-state index contributed by atoms with van der Waals surface area (Å²) >= 11 is 0. The number of allylic oxidation sites excluding steroid dienone is 3. The molecular weight excluding hydrogens is 286 g/mol. The Morgan fingerprint density at radius 1 is 1.23 bits per heavy atom. The Labute approximate surface area is 129 Å². The number of nitrogens with two attached hydrogens (primary N) is 1. The molecule has 3 N–H and O–H groups in total. The standard InChI is InChI=1S/C17H22F2N2O/c1-11(2)5-4-6-12(3)9-10-21-14-8-7-13(18)15(16(14)19)17(20)22/h5,7-9,21H,4,6,10H2,1-3H3,(H2,20,22). The number of halogens is 2. The Morgan fingerprint density at radius 3 is 2.50 bits per heavy atom. The molecule has 0 spiro atoms. The van der Waals surface area contributed by atoms with E-state index >= 15 is 0 Å². The van der Waals surface area contributed by atoms with Crippen LogP contribution in [0.1, 0.15) is 44.0 Å². The van der Waals surface area contributed by atoms with Gasteiger partial charge in [0.15, 0.2) is 5.82 Å². The van der Waals surface area contributed by atoms with Gasteiger partial charge >= 0.3 is 0 Å². The number of anilines is 1. The van der Waals surface area contributed by atoms with Gasteiger partial charge in [-0.15, -0.1) is 0 Å². The Morgan fingerprint density at radius 2 is 1.91 bits per heavy atom. The van der Waals surface area contributed by atoms with Gasteiger partial charge in [0, 0.05) is 6.54 Å². The molecule has 0 fully saturated rings. The highest BCUT2D eigenvalue weighted by Crippen LogP contribution is 2.20. The van der Waals surface area contributed by atoms with Gasteiger partial charge < -0.3 is 11.1 Å². The molecule has 22 heavy (non-hydrogen) atoms. The molecule has 0 aliphatic rings. The van der Waals surface area contributed by atoms with E-state index < -0.39 is 23.1 Å². The molecule has 0 saturated carbocycles. The molecule has 0 aliphatic heterocycles. The smallest absolute Gasteiger partial charge is 0.254 e. The predicted octanol–water partition coefficient (Wildman–Crippen LogP) is 4.17. The molecule has 0 atom stereocenters. The zero-order valence-corrected chi connectivity index (χ0v) is 13.2. The van der Waals surface area contributed by atoms with Crippen LogP contribution in [0.4, 0.5) is 14.5 Å². The van der Waals surface area contributed by atoms with Crippen LogP contribution in [0.2, 0.25) is 0 Å². The van der Waals surface area contributed by atoms with Crippen molar-refractivity contribution < 1.29 is 13.6 Å². The van der Waals surface area contributed by atoms with Gasteiger partial charge in [-0.2, -0.15) is 0 Å². The molecule has 0 unspecified atom stereocenters. The third-order valence-corrected chi connectivity index (χ3v) is 3.17. The Balaban J connectivity index is 2.67. The lowest BCUT2D eigenvalue weighted by molar-refractivity contribution is 0.0992. The van der Waals surface area contributed by atoms with Gasteiger partial charge in [-0.3, -0.25) is 4.79 Å².